The van der Waals surface area contributed by atoms with E-state index in [0.29, 0.717) is 23.0 Å². The van der Waals surface area contributed by atoms with Crippen LogP contribution >= 0.6 is 11.3 Å². The molecular weight excluding hydrogens is 364 g/mol. The highest BCUT2D eigenvalue weighted by molar-refractivity contribution is 7.14. The first-order valence-electron chi connectivity index (χ1n) is 8.63. The second kappa shape index (κ2) is 8.59. The van der Waals surface area contributed by atoms with E-state index in [2.05, 4.69) is 21.0 Å². The second-order valence-corrected chi connectivity index (χ2v) is 7.09. The highest BCUT2D eigenvalue weighted by Gasteiger charge is 2.14. The van der Waals surface area contributed by atoms with Gasteiger partial charge in [-0.05, 0) is 25.0 Å². The molecule has 8 heteroatoms. The van der Waals surface area contributed by atoms with Gasteiger partial charge < -0.3 is 4.52 Å². The maximum Gasteiger partial charge on any atom is 0.279 e. The summed E-state index contributed by atoms with van der Waals surface area (Å²) >= 11 is 1.43. The lowest BCUT2D eigenvalue weighted by molar-refractivity contribution is -0.121. The van der Waals surface area contributed by atoms with Crippen LogP contribution in [0.1, 0.15) is 39.3 Å². The third-order valence-corrected chi connectivity index (χ3v) is 5.33. The van der Waals surface area contributed by atoms with Crippen LogP contribution in [0.15, 0.2) is 40.9 Å². The summed E-state index contributed by atoms with van der Waals surface area (Å²) in [5.74, 6) is 0.211. The number of nitrogens with one attached hydrogen (secondary N) is 2. The molecule has 3 rings (SSSR count). The quantitative estimate of drug-likeness (QED) is 0.637. The zero-order chi connectivity index (χ0) is 19.2. The van der Waals surface area contributed by atoms with Crippen LogP contribution in [0.25, 0.3) is 11.4 Å². The molecule has 2 heterocycles. The number of amides is 2. The molecule has 1 aromatic carbocycles. The van der Waals surface area contributed by atoms with Crippen LogP contribution in [0, 0.1) is 6.92 Å². The number of aryl methyl sites for hydroxylation is 3. The molecule has 140 valence electrons. The molecule has 0 saturated heterocycles. The standard InChI is InChI=1S/C19H20N4O3S/c1-3-14-12(2)11-15(27-14)19(25)22-21-16(24)9-10-17-20-18(23-26-17)13-7-5-4-6-8-13/h4-8,11H,3,9-10H2,1-2H3,(H,21,24)(H,22,25). The number of carbonyl (C=O) groups is 2. The third kappa shape index (κ3) is 4.79. The highest BCUT2D eigenvalue weighted by Crippen LogP contribution is 2.22. The number of hydrogen-bond acceptors (Lipinski definition) is 6. The van der Waals surface area contributed by atoms with Gasteiger partial charge in [-0.2, -0.15) is 4.98 Å². The molecule has 0 aliphatic rings. The molecule has 0 unspecified atom stereocenters. The van der Waals surface area contributed by atoms with Crippen molar-refractivity contribution in [3.8, 4) is 11.4 Å². The Morgan fingerprint density at radius 3 is 2.67 bits per heavy atom. The van der Waals surface area contributed by atoms with Gasteiger partial charge in [0.15, 0.2) is 0 Å². The Bertz CT molecular complexity index is 934. The number of nitrogens with zero attached hydrogens (tertiary/aromatic N) is 2. The minimum atomic E-state index is -0.327. The van der Waals surface area contributed by atoms with Crippen LogP contribution in [-0.2, 0) is 17.6 Å². The average molecular weight is 384 g/mol. The van der Waals surface area contributed by atoms with Gasteiger partial charge in [0, 0.05) is 23.3 Å². The summed E-state index contributed by atoms with van der Waals surface area (Å²) < 4.78 is 5.17. The predicted octanol–water partition coefficient (Wildman–Crippen LogP) is 3.06. The van der Waals surface area contributed by atoms with Crippen LogP contribution in [-0.4, -0.2) is 22.0 Å². The molecule has 7 nitrogen and oxygen atoms in total. The van der Waals surface area contributed by atoms with Crippen molar-refractivity contribution in [3.63, 3.8) is 0 Å². The van der Waals surface area contributed by atoms with E-state index in [9.17, 15) is 9.59 Å². The summed E-state index contributed by atoms with van der Waals surface area (Å²) in [5, 5.41) is 3.91. The molecule has 2 N–H and O–H groups in total. The summed E-state index contributed by atoms with van der Waals surface area (Å²) in [6, 6.07) is 11.3. The topological polar surface area (TPSA) is 97.1 Å². The Morgan fingerprint density at radius 2 is 1.96 bits per heavy atom. The minimum Gasteiger partial charge on any atom is -0.339 e. The van der Waals surface area contributed by atoms with Gasteiger partial charge in [-0.1, -0.05) is 42.4 Å². The van der Waals surface area contributed by atoms with Gasteiger partial charge >= 0.3 is 0 Å². The summed E-state index contributed by atoms with van der Waals surface area (Å²) in [6.45, 7) is 4.02. The van der Waals surface area contributed by atoms with Crippen molar-refractivity contribution in [3.05, 3.63) is 57.6 Å². The van der Waals surface area contributed by atoms with E-state index >= 15 is 0 Å². The first-order chi connectivity index (χ1) is 13.1. The minimum absolute atomic E-state index is 0.125. The molecule has 0 atom stereocenters. The summed E-state index contributed by atoms with van der Waals surface area (Å²) in [7, 11) is 0. The summed E-state index contributed by atoms with van der Waals surface area (Å²) in [4.78, 5) is 30.1. The van der Waals surface area contributed by atoms with Gasteiger partial charge in [0.1, 0.15) is 0 Å². The van der Waals surface area contributed by atoms with E-state index in [-0.39, 0.29) is 18.2 Å². The van der Waals surface area contributed by atoms with Gasteiger partial charge in [-0.3, -0.25) is 20.4 Å². The molecule has 0 aliphatic heterocycles. The number of aromatic nitrogens is 2. The van der Waals surface area contributed by atoms with Crippen LogP contribution in [0.2, 0.25) is 0 Å². The number of carbonyl (C=O) groups excluding carboxylic acids is 2. The number of hydrogen-bond donors (Lipinski definition) is 2. The van der Waals surface area contributed by atoms with Crippen molar-refractivity contribution < 1.29 is 14.1 Å². The van der Waals surface area contributed by atoms with Crippen molar-refractivity contribution in [1.29, 1.82) is 0 Å². The van der Waals surface area contributed by atoms with Crippen molar-refractivity contribution in [2.45, 2.75) is 33.1 Å². The molecular formula is C19H20N4O3S. The highest BCUT2D eigenvalue weighted by atomic mass is 32.1. The van der Waals surface area contributed by atoms with Gasteiger partial charge in [0.2, 0.25) is 17.6 Å². The Balaban J connectivity index is 1.47. The maximum absolute atomic E-state index is 12.1. The van der Waals surface area contributed by atoms with Crippen LogP contribution in [0.4, 0.5) is 0 Å². The Morgan fingerprint density at radius 1 is 1.19 bits per heavy atom. The van der Waals surface area contributed by atoms with E-state index in [1.54, 1.807) is 0 Å². The molecule has 0 saturated carbocycles. The molecule has 0 radical (unpaired) electrons. The van der Waals surface area contributed by atoms with Crippen LogP contribution in [0.5, 0.6) is 0 Å². The molecule has 3 aromatic rings. The first-order valence-corrected chi connectivity index (χ1v) is 9.45. The molecule has 0 spiro atoms. The number of hydrazine groups is 1. The lowest BCUT2D eigenvalue weighted by Crippen LogP contribution is -2.41. The molecule has 2 amide bonds. The van der Waals surface area contributed by atoms with E-state index < -0.39 is 0 Å². The van der Waals surface area contributed by atoms with E-state index in [1.165, 1.54) is 11.3 Å². The van der Waals surface area contributed by atoms with Gasteiger partial charge in [0.05, 0.1) is 4.88 Å². The smallest absolute Gasteiger partial charge is 0.279 e. The molecule has 27 heavy (non-hydrogen) atoms. The fourth-order valence-corrected chi connectivity index (χ4v) is 3.52. The van der Waals surface area contributed by atoms with Crippen molar-refractivity contribution >= 4 is 23.2 Å². The lowest BCUT2D eigenvalue weighted by atomic mass is 10.2. The Hall–Kier alpha value is -3.00. The monoisotopic (exact) mass is 384 g/mol. The van der Waals surface area contributed by atoms with E-state index in [0.717, 1.165) is 22.4 Å². The fourth-order valence-electron chi connectivity index (χ4n) is 2.51. The van der Waals surface area contributed by atoms with Crippen molar-refractivity contribution in [1.82, 2.24) is 21.0 Å². The molecule has 0 fully saturated rings. The van der Waals surface area contributed by atoms with Gasteiger partial charge in [0.25, 0.3) is 5.91 Å². The van der Waals surface area contributed by atoms with Gasteiger partial charge in [-0.25, -0.2) is 0 Å². The zero-order valence-electron chi connectivity index (χ0n) is 15.1. The maximum atomic E-state index is 12.1. The van der Waals surface area contributed by atoms with E-state index in [4.69, 9.17) is 4.52 Å². The molecule has 2 aromatic heterocycles. The Kier molecular flexibility index (Phi) is 5.97. The normalized spacial score (nSPS) is 10.6. The molecule has 0 aliphatic carbocycles. The first kappa shape index (κ1) is 18.8. The molecule has 0 bridgehead atoms. The van der Waals surface area contributed by atoms with Crippen LogP contribution in [0.3, 0.4) is 0 Å². The fraction of sp³-hybridized carbons (Fsp3) is 0.263. The number of rotatable bonds is 6. The number of benzene rings is 1. The predicted molar refractivity (Wildman–Crippen MR) is 102 cm³/mol. The summed E-state index contributed by atoms with van der Waals surface area (Å²) in [6.07, 6.45) is 1.30. The van der Waals surface area contributed by atoms with Crippen molar-refractivity contribution in [2.75, 3.05) is 0 Å². The largest absolute Gasteiger partial charge is 0.339 e. The zero-order valence-corrected chi connectivity index (χ0v) is 15.9. The lowest BCUT2D eigenvalue weighted by Gasteiger charge is -2.05. The SMILES string of the molecule is CCc1sc(C(=O)NNC(=O)CCc2nc(-c3ccccc3)no2)cc1C. The van der Waals surface area contributed by atoms with Gasteiger partial charge in [-0.15, -0.1) is 11.3 Å². The van der Waals surface area contributed by atoms with Crippen molar-refractivity contribution in [2.24, 2.45) is 0 Å². The second-order valence-electron chi connectivity index (χ2n) is 5.95. The third-order valence-electron chi connectivity index (χ3n) is 3.95. The average Bonchev–Trinajstić information content (AvgIpc) is 3.31. The Labute approximate surface area is 160 Å². The van der Waals surface area contributed by atoms with E-state index in [1.807, 2.05) is 50.2 Å². The van der Waals surface area contributed by atoms with Crippen LogP contribution < -0.4 is 10.9 Å². The number of thiophene rings is 1. The summed E-state index contributed by atoms with van der Waals surface area (Å²) in [5.41, 5.74) is 6.79.